The molecule has 0 unspecified atom stereocenters. The molecule has 14 amide bonds. The first-order valence-corrected chi connectivity index (χ1v) is 46.8. The highest BCUT2D eigenvalue weighted by molar-refractivity contribution is 6.00. The van der Waals surface area contributed by atoms with Gasteiger partial charge in [0.05, 0.1) is 72.1 Å². The third kappa shape index (κ3) is 39.2. The fourth-order valence-corrected chi connectivity index (χ4v) is 16.6. The molecule has 0 bridgehead atoms. The summed E-state index contributed by atoms with van der Waals surface area (Å²) in [5, 5.41) is 88.5. The zero-order valence-corrected chi connectivity index (χ0v) is 78.4. The number of H-pyrrole nitrogens is 1. The fraction of sp³-hybridized carbons (Fsp3) is 0.576. The van der Waals surface area contributed by atoms with Gasteiger partial charge in [0.25, 0.3) is 0 Å². The number of carboxylic acid groups (broad SMARTS) is 6. The van der Waals surface area contributed by atoms with Crippen LogP contribution >= 0.6 is 0 Å². The number of fused-ring (bicyclic) bond motifs is 2. The minimum absolute atomic E-state index is 0.00147. The normalized spacial score (nSPS) is 20.9. The molecule has 0 radical (unpaired) electrons. The van der Waals surface area contributed by atoms with Crippen molar-refractivity contribution in [1.29, 1.82) is 0 Å². The number of unbranched alkanes of at least 4 members (excludes halogenated alkanes) is 4. The number of urea groups is 1. The van der Waals surface area contributed by atoms with E-state index >= 15 is 14.4 Å². The van der Waals surface area contributed by atoms with Crippen molar-refractivity contribution in [3.05, 3.63) is 107 Å². The van der Waals surface area contributed by atoms with E-state index in [1.165, 1.54) is 11.9 Å². The maximum absolute atomic E-state index is 15.4. The summed E-state index contributed by atoms with van der Waals surface area (Å²) in [7, 11) is 1.31. The number of hydrogen-bond donors (Lipinski definition) is 18. The molecule has 8 atom stereocenters. The van der Waals surface area contributed by atoms with Crippen LogP contribution in [0.4, 0.5) is 4.79 Å². The van der Waals surface area contributed by atoms with E-state index in [1.54, 1.807) is 110 Å². The summed E-state index contributed by atoms with van der Waals surface area (Å²) in [5.41, 5.74) is 2.80. The van der Waals surface area contributed by atoms with Crippen LogP contribution < -0.4 is 58.5 Å². The van der Waals surface area contributed by atoms with Gasteiger partial charge in [-0.2, -0.15) is 0 Å². The largest absolute Gasteiger partial charge is 0.481 e. The van der Waals surface area contributed by atoms with Gasteiger partial charge in [-0.05, 0) is 73.3 Å². The van der Waals surface area contributed by atoms with Crippen molar-refractivity contribution in [2.24, 2.45) is 0 Å². The number of nitrogens with one attached hydrogen (secondary N) is 12. The number of aliphatic carboxylic acids is 6. The number of rotatable bonds is 41. The molecule has 4 aromatic rings. The van der Waals surface area contributed by atoms with Gasteiger partial charge in [0, 0.05) is 155 Å². The van der Waals surface area contributed by atoms with Gasteiger partial charge in [-0.3, -0.25) is 111 Å². The molecule has 5 heterocycles. The van der Waals surface area contributed by atoms with Crippen LogP contribution in [0.15, 0.2) is 85.1 Å². The third-order valence-corrected chi connectivity index (χ3v) is 24.2. The van der Waals surface area contributed by atoms with Crippen molar-refractivity contribution in [3.8, 4) is 0 Å². The van der Waals surface area contributed by atoms with E-state index in [0.29, 0.717) is 59.1 Å². The van der Waals surface area contributed by atoms with Gasteiger partial charge in [-0.25, -0.2) is 4.79 Å². The van der Waals surface area contributed by atoms with Crippen LogP contribution in [0.25, 0.3) is 10.9 Å². The van der Waals surface area contributed by atoms with Crippen LogP contribution in [0.1, 0.15) is 113 Å². The van der Waals surface area contributed by atoms with Crippen molar-refractivity contribution >= 4 is 124 Å². The molecule has 0 spiro atoms. The lowest BCUT2D eigenvalue weighted by atomic mass is 9.99. The average molecular weight is 1950 g/mol. The fourth-order valence-electron chi connectivity index (χ4n) is 16.6. The molecule has 0 saturated carbocycles. The Bertz CT molecular complexity index is 4800. The summed E-state index contributed by atoms with van der Waals surface area (Å²) < 4.78 is 11.1. The smallest absolute Gasteiger partial charge is 0.320 e. The second kappa shape index (κ2) is 58.4. The molecule has 8 rings (SSSR count). The lowest BCUT2D eigenvalue weighted by molar-refractivity contribution is -0.146. The zero-order chi connectivity index (χ0) is 101. The molecule has 762 valence electrons. The summed E-state index contributed by atoms with van der Waals surface area (Å²) in [5.74, 6) is -17.3. The first-order chi connectivity index (χ1) is 66.6. The van der Waals surface area contributed by atoms with Gasteiger partial charge < -0.3 is 118 Å². The molecule has 139 heavy (non-hydrogen) atoms. The number of likely N-dealkylation sites (N-methyl/N-ethyl adjacent to an activating group) is 1. The lowest BCUT2D eigenvalue weighted by Gasteiger charge is -2.35. The first kappa shape index (κ1) is 111. The standard InChI is InChI=1S/C92H132N20O27/c1-3-4-5-9-19-67-86(130)102-69(48-63-51-95-65-18-11-10-17-64(63)65)84(128)98-53-76(115)100-66(20-12-13-28-94-92(137)111-41-37-109(38-42-111)58-83(126)127)85(129)104-70(49-79(118)119)90(134)112-30-14-21-71(112)88(132)99-52-75(114)97-54-78(117)105(2)73(47-60-15-7-6-8-16-60)89(133)103-68(87(131)101-67)46-61-22-24-62(25-23-61)50-96-77(116)59-139-45-44-138-43-29-93-74(113)27-26-72(91(135)136)110-39-35-107(56-81(122)123)33-31-106(55-80(120)121)32-34-108(36-40-110)57-82(124)125/h6-8,10-11,15-18,22-25,51,66-73,95H,3-5,9,12-14,19-21,26-50,52-59H2,1-2H3,(H,93,113)(H,94,137)(H,96,116)(H,97,114)(H,98,128)(H,99,132)(H,100,115)(H,101,131)(H,102,130)(H,103,133)(H,104,129)(H,118,119)(H,120,121)(H,122,123)(H,124,125)(H,126,127)(H,135,136)/t66-,67-,68-,69-,70-,71+,72+,73-/m0/s1. The monoisotopic (exact) mass is 1950 g/mol. The van der Waals surface area contributed by atoms with Crippen molar-refractivity contribution in [1.82, 2.24) is 103 Å². The lowest BCUT2D eigenvalue weighted by Crippen LogP contribution is -2.60. The van der Waals surface area contributed by atoms with Gasteiger partial charge in [-0.1, -0.05) is 105 Å². The number of carbonyl (C=O) groups is 19. The molecule has 4 aliphatic heterocycles. The Morgan fingerprint density at radius 2 is 0.993 bits per heavy atom. The Hall–Kier alpha value is -13.4. The molecule has 47 nitrogen and oxygen atoms in total. The van der Waals surface area contributed by atoms with Gasteiger partial charge in [0.15, 0.2) is 0 Å². The first-order valence-electron chi connectivity index (χ1n) is 46.8. The van der Waals surface area contributed by atoms with E-state index in [1.807, 2.05) is 6.92 Å². The van der Waals surface area contributed by atoms with Crippen LogP contribution in [0.3, 0.4) is 0 Å². The van der Waals surface area contributed by atoms with Crippen LogP contribution in [-0.2, 0) is 122 Å². The Labute approximate surface area is 803 Å². The Kier molecular flexibility index (Phi) is 46.6. The molecule has 4 fully saturated rings. The van der Waals surface area contributed by atoms with E-state index in [2.05, 4.69) is 63.5 Å². The summed E-state index contributed by atoms with van der Waals surface area (Å²) in [6.07, 6.45) is 2.43. The second-order valence-electron chi connectivity index (χ2n) is 34.6. The second-order valence-corrected chi connectivity index (χ2v) is 34.6. The molecule has 4 saturated heterocycles. The summed E-state index contributed by atoms with van der Waals surface area (Å²) in [4.78, 5) is 272. The number of hydrogen-bond acceptors (Lipinski definition) is 26. The van der Waals surface area contributed by atoms with Gasteiger partial charge in [-0.15, -0.1) is 0 Å². The molecule has 0 aliphatic carbocycles. The number of aromatic amines is 1. The van der Waals surface area contributed by atoms with E-state index in [4.69, 9.17) is 9.47 Å². The number of benzene rings is 3. The number of carboxylic acids is 6. The maximum atomic E-state index is 15.4. The van der Waals surface area contributed by atoms with Crippen molar-refractivity contribution in [2.45, 2.75) is 165 Å². The third-order valence-electron chi connectivity index (χ3n) is 24.2. The van der Waals surface area contributed by atoms with Gasteiger partial charge >= 0.3 is 41.8 Å². The van der Waals surface area contributed by atoms with Crippen molar-refractivity contribution in [2.75, 3.05) is 177 Å². The molecule has 47 heteroatoms. The van der Waals surface area contributed by atoms with Crippen LogP contribution in [0.2, 0.25) is 0 Å². The molecular weight excluding hydrogens is 1820 g/mol. The number of piperazine rings is 1. The van der Waals surface area contributed by atoms with Crippen LogP contribution in [-0.4, -0.2) is 413 Å². The van der Waals surface area contributed by atoms with E-state index in [9.17, 15) is 107 Å². The quantitative estimate of drug-likeness (QED) is 0.0190. The topological polar surface area (TPSA) is 638 Å². The molecule has 4 aliphatic rings. The Morgan fingerprint density at radius 3 is 1.61 bits per heavy atom. The van der Waals surface area contributed by atoms with E-state index in [-0.39, 0.29) is 195 Å². The summed E-state index contributed by atoms with van der Waals surface area (Å²) in [6.45, 7) is -0.321. The Morgan fingerprint density at radius 1 is 0.460 bits per heavy atom. The minimum Gasteiger partial charge on any atom is -0.481 e. The SMILES string of the molecule is CCCCCC[C@@H]1NC(=O)[C@H](Cc2ccc(CNC(=O)COCCOCCNC(=O)CC[C@H](C(=O)O)N3CCN(CC(=O)O)CCN(CC(=O)O)CCN(CC(=O)O)CC3)cc2)NC(=O)[C@H](Cc2ccccc2)N(C)C(=O)CNC(=O)CNC(=O)[C@H]2CCCN2C(=O)[C@H](CC(=O)O)NC(=O)[C@H](CCCCNC(=O)N2CCN(CC(=O)O)CC2)NC(=O)CNC(=O)[C@H](Cc2c[nH]c3ccccc23)NC1=O. The van der Waals surface area contributed by atoms with Crippen LogP contribution in [0.5, 0.6) is 0 Å². The predicted octanol–water partition coefficient (Wildman–Crippen LogP) is -3.70. The number of nitrogens with zero attached hydrogens (tertiary/aromatic N) is 8. The molecule has 18 N–H and O–H groups in total. The van der Waals surface area contributed by atoms with E-state index in [0.717, 1.165) is 22.6 Å². The number of amides is 14. The minimum atomic E-state index is -1.84. The molecule has 1 aromatic heterocycles. The molecular formula is C92H132N20O27. The zero-order valence-electron chi connectivity index (χ0n) is 78.4. The summed E-state index contributed by atoms with van der Waals surface area (Å²) in [6, 6.07) is 10.0. The van der Waals surface area contributed by atoms with E-state index < -0.39 is 207 Å². The average Bonchev–Trinajstić information content (AvgIpc) is 1.72. The molecule has 3 aromatic carbocycles. The summed E-state index contributed by atoms with van der Waals surface area (Å²) >= 11 is 0. The number of ether oxygens (including phenoxy) is 2. The highest BCUT2D eigenvalue weighted by atomic mass is 16.5. The van der Waals surface area contributed by atoms with Crippen molar-refractivity contribution in [3.63, 3.8) is 0 Å². The highest BCUT2D eigenvalue weighted by Crippen LogP contribution is 2.24. The maximum Gasteiger partial charge on any atom is 0.320 e. The number of para-hydroxylation sites is 1. The van der Waals surface area contributed by atoms with Crippen LogP contribution in [0, 0.1) is 0 Å². The van der Waals surface area contributed by atoms with Crippen molar-refractivity contribution < 1.29 is 131 Å². The van der Waals surface area contributed by atoms with Gasteiger partial charge in [0.2, 0.25) is 70.9 Å². The Balaban J connectivity index is 0.959. The highest BCUT2D eigenvalue weighted by Gasteiger charge is 2.41. The number of carbonyl (C=O) groups excluding carboxylic acids is 13. The predicted molar refractivity (Wildman–Crippen MR) is 497 cm³/mol. The number of aromatic nitrogens is 1. The van der Waals surface area contributed by atoms with Gasteiger partial charge in [0.1, 0.15) is 54.9 Å².